The lowest BCUT2D eigenvalue weighted by molar-refractivity contribution is 0.0272. The maximum absolute atomic E-state index is 12.8. The van der Waals surface area contributed by atoms with Crippen molar-refractivity contribution >= 4 is 17.7 Å². The van der Waals surface area contributed by atoms with Gasteiger partial charge in [0.15, 0.2) is 0 Å². The van der Waals surface area contributed by atoms with Crippen molar-refractivity contribution in [2.75, 3.05) is 25.5 Å². The topological polar surface area (TPSA) is 89.9 Å². The molecule has 31 heavy (non-hydrogen) atoms. The summed E-state index contributed by atoms with van der Waals surface area (Å²) >= 11 is 0. The van der Waals surface area contributed by atoms with Crippen LogP contribution in [0.15, 0.2) is 17.1 Å². The number of hydrogen-bond donors (Lipinski definition) is 1. The van der Waals surface area contributed by atoms with Gasteiger partial charge in [-0.3, -0.25) is 4.79 Å². The van der Waals surface area contributed by atoms with E-state index < -0.39 is 11.6 Å². The summed E-state index contributed by atoms with van der Waals surface area (Å²) in [6, 6.07) is 1.88. The molecule has 0 unspecified atom stereocenters. The van der Waals surface area contributed by atoms with Gasteiger partial charge in [-0.25, -0.2) is 9.59 Å². The summed E-state index contributed by atoms with van der Waals surface area (Å²) < 4.78 is 12.2. The zero-order valence-electron chi connectivity index (χ0n) is 18.6. The molecular weight excluding hydrogens is 398 g/mol. The fourth-order valence-electron chi connectivity index (χ4n) is 5.15. The van der Waals surface area contributed by atoms with Gasteiger partial charge in [-0.1, -0.05) is 0 Å². The van der Waals surface area contributed by atoms with Gasteiger partial charge in [0, 0.05) is 49.3 Å². The minimum atomic E-state index is -0.513. The van der Waals surface area contributed by atoms with E-state index in [0.717, 1.165) is 12.3 Å². The van der Waals surface area contributed by atoms with Gasteiger partial charge in [-0.05, 0) is 51.9 Å². The van der Waals surface area contributed by atoms with E-state index in [1.807, 2.05) is 20.8 Å². The summed E-state index contributed by atoms with van der Waals surface area (Å²) in [6.45, 7) is 6.81. The molecule has 4 fully saturated rings. The van der Waals surface area contributed by atoms with Crippen LogP contribution in [0, 0.1) is 23.7 Å². The number of amides is 1. The van der Waals surface area contributed by atoms with Crippen molar-refractivity contribution in [3.8, 4) is 0 Å². The van der Waals surface area contributed by atoms with Crippen LogP contribution in [0.5, 0.6) is 0 Å². The molecule has 2 heterocycles. The third kappa shape index (κ3) is 3.92. The van der Waals surface area contributed by atoms with E-state index in [0.29, 0.717) is 42.1 Å². The van der Waals surface area contributed by atoms with Crippen LogP contribution in [0.1, 0.15) is 56.4 Å². The third-order valence-corrected chi connectivity index (χ3v) is 7.04. The second-order valence-electron chi connectivity index (χ2n) is 10.5. The second-order valence-corrected chi connectivity index (χ2v) is 10.5. The zero-order chi connectivity index (χ0) is 22.1. The van der Waals surface area contributed by atoms with Crippen LogP contribution in [-0.4, -0.2) is 53.4 Å². The Kier molecular flexibility index (Phi) is 4.61. The van der Waals surface area contributed by atoms with Gasteiger partial charge >= 0.3 is 12.1 Å². The summed E-state index contributed by atoms with van der Waals surface area (Å²) in [7, 11) is 1.36. The number of nitrogens with zero attached hydrogens (tertiary/aromatic N) is 2. The minimum absolute atomic E-state index is 0.0792. The predicted molar refractivity (Wildman–Crippen MR) is 114 cm³/mol. The standard InChI is InChI=1S/C23H31N3O5/c1-23(2,3)31-22(29)25-9-14-15(10-25)20(14)24-17-8-19(27)26(11-16(17)21(28)30-4)18-7-13(18)12-5-6-12/h8,11-15,18,20,24H,5-7,9-10H2,1-4H3/t13-,14-,15+,18+,20+/m1/s1. The highest BCUT2D eigenvalue weighted by Gasteiger charge is 2.57. The number of fused-ring (bicyclic) bond motifs is 1. The third-order valence-electron chi connectivity index (χ3n) is 7.04. The summed E-state index contributed by atoms with van der Waals surface area (Å²) in [6.07, 6.45) is 4.92. The van der Waals surface area contributed by atoms with E-state index in [4.69, 9.17) is 9.47 Å². The molecule has 1 saturated heterocycles. The van der Waals surface area contributed by atoms with E-state index in [1.165, 1.54) is 26.0 Å². The minimum Gasteiger partial charge on any atom is -0.465 e. The van der Waals surface area contributed by atoms with E-state index >= 15 is 0 Å². The maximum Gasteiger partial charge on any atom is 0.410 e. The van der Waals surface area contributed by atoms with E-state index in [2.05, 4.69) is 5.32 Å². The van der Waals surface area contributed by atoms with E-state index in [-0.39, 0.29) is 23.7 Å². The van der Waals surface area contributed by atoms with Crippen LogP contribution in [-0.2, 0) is 9.47 Å². The van der Waals surface area contributed by atoms with Crippen LogP contribution in [0.4, 0.5) is 10.5 Å². The molecule has 8 nitrogen and oxygen atoms in total. The molecule has 1 aromatic heterocycles. The van der Waals surface area contributed by atoms with Crippen molar-refractivity contribution < 1.29 is 19.1 Å². The molecule has 0 bridgehead atoms. The van der Waals surface area contributed by atoms with Gasteiger partial charge in [0.2, 0.25) is 0 Å². The number of carbonyl (C=O) groups excluding carboxylic acids is 2. The lowest BCUT2D eigenvalue weighted by Crippen LogP contribution is -2.38. The highest BCUT2D eigenvalue weighted by Crippen LogP contribution is 2.56. The Balaban J connectivity index is 1.27. The van der Waals surface area contributed by atoms with Crippen molar-refractivity contribution in [2.45, 2.75) is 57.7 Å². The van der Waals surface area contributed by atoms with Crippen LogP contribution in [0.25, 0.3) is 0 Å². The molecule has 3 saturated carbocycles. The number of likely N-dealkylation sites (tertiary alicyclic amines) is 1. The number of esters is 1. The Morgan fingerprint density at radius 2 is 1.81 bits per heavy atom. The Morgan fingerprint density at radius 1 is 1.13 bits per heavy atom. The SMILES string of the molecule is COC(=O)c1cn([C@H]2C[C@@H]2C2CC2)c(=O)cc1N[C@H]1[C@@H]2CN(C(=O)OC(C)(C)C)C[C@@H]21. The van der Waals surface area contributed by atoms with E-state index in [9.17, 15) is 14.4 Å². The first kappa shape index (κ1) is 20.4. The molecule has 1 amide bonds. The number of rotatable bonds is 5. The van der Waals surface area contributed by atoms with Crippen LogP contribution >= 0.6 is 0 Å². The normalized spacial score (nSPS) is 31.1. The fourth-order valence-corrected chi connectivity index (χ4v) is 5.15. The van der Waals surface area contributed by atoms with Crippen LogP contribution in [0.2, 0.25) is 0 Å². The first-order valence-electron chi connectivity index (χ1n) is 11.2. The van der Waals surface area contributed by atoms with Crippen molar-refractivity contribution in [2.24, 2.45) is 23.7 Å². The highest BCUT2D eigenvalue weighted by molar-refractivity contribution is 5.95. The van der Waals surface area contributed by atoms with E-state index in [1.54, 1.807) is 15.7 Å². The monoisotopic (exact) mass is 429 g/mol. The predicted octanol–water partition coefficient (Wildman–Crippen LogP) is 2.88. The number of nitrogens with one attached hydrogen (secondary N) is 1. The van der Waals surface area contributed by atoms with Gasteiger partial charge in [-0.15, -0.1) is 0 Å². The number of aromatic nitrogens is 1. The number of methoxy groups -OCH3 is 1. The second kappa shape index (κ2) is 7.00. The molecule has 1 aromatic rings. The fraction of sp³-hybridized carbons (Fsp3) is 0.696. The number of anilines is 1. The Morgan fingerprint density at radius 3 is 2.39 bits per heavy atom. The highest BCUT2D eigenvalue weighted by atomic mass is 16.6. The number of pyridine rings is 1. The lowest BCUT2D eigenvalue weighted by Gasteiger charge is -2.26. The molecule has 5 rings (SSSR count). The summed E-state index contributed by atoms with van der Waals surface area (Å²) in [5.74, 6) is 1.46. The Labute approximate surface area is 181 Å². The number of hydrogen-bond acceptors (Lipinski definition) is 6. The average molecular weight is 430 g/mol. The van der Waals surface area contributed by atoms with Crippen molar-refractivity contribution in [3.63, 3.8) is 0 Å². The Bertz CT molecular complexity index is 964. The maximum atomic E-state index is 12.8. The summed E-state index contributed by atoms with van der Waals surface area (Å²) in [4.78, 5) is 39.3. The quantitative estimate of drug-likeness (QED) is 0.724. The number of carbonyl (C=O) groups is 2. The van der Waals surface area contributed by atoms with Gasteiger partial charge < -0.3 is 24.3 Å². The van der Waals surface area contributed by atoms with Gasteiger partial charge in [0.05, 0.1) is 18.4 Å². The van der Waals surface area contributed by atoms with Crippen LogP contribution < -0.4 is 10.9 Å². The van der Waals surface area contributed by atoms with Crippen molar-refractivity contribution in [1.82, 2.24) is 9.47 Å². The molecule has 0 aromatic carbocycles. The summed E-state index contributed by atoms with van der Waals surface area (Å²) in [5, 5.41) is 3.39. The molecule has 3 aliphatic carbocycles. The van der Waals surface area contributed by atoms with Gasteiger partial charge in [0.25, 0.3) is 5.56 Å². The largest absolute Gasteiger partial charge is 0.465 e. The molecule has 0 spiro atoms. The van der Waals surface area contributed by atoms with Gasteiger partial charge in [-0.2, -0.15) is 0 Å². The first-order chi connectivity index (χ1) is 14.7. The molecule has 0 radical (unpaired) electrons. The first-order valence-corrected chi connectivity index (χ1v) is 11.2. The van der Waals surface area contributed by atoms with Crippen LogP contribution in [0.3, 0.4) is 0 Å². The molecule has 168 valence electrons. The molecule has 8 heteroatoms. The van der Waals surface area contributed by atoms with Crippen molar-refractivity contribution in [1.29, 1.82) is 0 Å². The van der Waals surface area contributed by atoms with Crippen molar-refractivity contribution in [3.05, 3.63) is 28.2 Å². The lowest BCUT2D eigenvalue weighted by atomic mass is 10.2. The average Bonchev–Trinajstić information content (AvgIpc) is 3.60. The molecule has 1 aliphatic heterocycles. The zero-order valence-corrected chi connectivity index (χ0v) is 18.6. The molecule has 5 atom stereocenters. The summed E-state index contributed by atoms with van der Waals surface area (Å²) in [5.41, 5.74) is 0.336. The molecule has 4 aliphatic rings. The Hall–Kier alpha value is -2.51. The van der Waals surface area contributed by atoms with Gasteiger partial charge in [0.1, 0.15) is 5.60 Å². The molecule has 1 N–H and O–H groups in total. The molecular formula is C23H31N3O5. The number of piperidine rings is 1. The number of ether oxygens (including phenoxy) is 2. The smallest absolute Gasteiger partial charge is 0.410 e.